The molecule has 19 heavy (non-hydrogen) atoms. The van der Waals surface area contributed by atoms with Gasteiger partial charge < -0.3 is 0 Å². The van der Waals surface area contributed by atoms with E-state index in [2.05, 4.69) is 15.9 Å². The lowest BCUT2D eigenvalue weighted by atomic mass is 10.0. The first-order valence-electron chi connectivity index (χ1n) is 5.49. The zero-order chi connectivity index (χ0) is 14.0. The second kappa shape index (κ2) is 6.21. The van der Waals surface area contributed by atoms with Crippen molar-refractivity contribution in [3.63, 3.8) is 0 Å². The zero-order valence-corrected chi connectivity index (χ0v) is 12.7. The molecular formula is C14H9BrCl2F2. The largest absolute Gasteiger partial charge is 0.207 e. The van der Waals surface area contributed by atoms with E-state index in [0.717, 1.165) is 11.6 Å². The molecule has 0 aromatic heterocycles. The minimum absolute atomic E-state index is 0.149. The number of benzene rings is 2. The van der Waals surface area contributed by atoms with Crippen molar-refractivity contribution >= 4 is 39.1 Å². The van der Waals surface area contributed by atoms with Gasteiger partial charge in [0.15, 0.2) is 0 Å². The number of alkyl halides is 1. The predicted molar refractivity (Wildman–Crippen MR) is 78.2 cm³/mol. The van der Waals surface area contributed by atoms with Crippen LogP contribution in [0.15, 0.2) is 36.4 Å². The number of hydrogen-bond donors (Lipinski definition) is 0. The number of hydrogen-bond acceptors (Lipinski definition) is 0. The highest BCUT2D eigenvalue weighted by molar-refractivity contribution is 9.09. The van der Waals surface area contributed by atoms with Crippen LogP contribution in [0.25, 0.3) is 0 Å². The van der Waals surface area contributed by atoms with Gasteiger partial charge in [0.25, 0.3) is 0 Å². The maximum Gasteiger partial charge on any atom is 0.129 e. The highest BCUT2D eigenvalue weighted by atomic mass is 79.9. The fourth-order valence-corrected chi connectivity index (χ4v) is 2.91. The van der Waals surface area contributed by atoms with E-state index in [1.54, 1.807) is 18.2 Å². The van der Waals surface area contributed by atoms with Gasteiger partial charge in [-0.3, -0.25) is 0 Å². The van der Waals surface area contributed by atoms with Gasteiger partial charge in [-0.05, 0) is 41.8 Å². The summed E-state index contributed by atoms with van der Waals surface area (Å²) in [6, 6.07) is 8.70. The van der Waals surface area contributed by atoms with E-state index < -0.39 is 11.6 Å². The molecule has 1 unspecified atom stereocenters. The topological polar surface area (TPSA) is 0 Å². The molecule has 2 rings (SSSR count). The van der Waals surface area contributed by atoms with Gasteiger partial charge >= 0.3 is 0 Å². The third-order valence-electron chi connectivity index (χ3n) is 2.66. The van der Waals surface area contributed by atoms with Gasteiger partial charge in [0.1, 0.15) is 11.6 Å². The summed E-state index contributed by atoms with van der Waals surface area (Å²) in [5.41, 5.74) is 1.28. The van der Waals surface area contributed by atoms with Crippen LogP contribution in [0.5, 0.6) is 0 Å². The molecule has 0 nitrogen and oxygen atoms in total. The quantitative estimate of drug-likeness (QED) is 0.589. The highest BCUT2D eigenvalue weighted by Crippen LogP contribution is 2.32. The molecule has 0 amide bonds. The van der Waals surface area contributed by atoms with Crippen LogP contribution in [0.2, 0.25) is 10.0 Å². The lowest BCUT2D eigenvalue weighted by Gasteiger charge is -2.12. The Morgan fingerprint density at radius 2 is 1.63 bits per heavy atom. The average Bonchev–Trinajstić information content (AvgIpc) is 2.31. The Hall–Kier alpha value is -0.640. The molecule has 1 atom stereocenters. The molecule has 0 saturated heterocycles. The first kappa shape index (κ1) is 14.8. The van der Waals surface area contributed by atoms with Gasteiger partial charge in [-0.1, -0.05) is 45.2 Å². The molecule has 100 valence electrons. The third kappa shape index (κ3) is 3.91. The maximum atomic E-state index is 13.6. The van der Waals surface area contributed by atoms with Crippen LogP contribution in [0.3, 0.4) is 0 Å². The Labute approximate surface area is 128 Å². The van der Waals surface area contributed by atoms with Crippen molar-refractivity contribution in [2.24, 2.45) is 0 Å². The fourth-order valence-electron chi connectivity index (χ4n) is 1.75. The minimum Gasteiger partial charge on any atom is -0.207 e. The molecule has 0 aliphatic carbocycles. The van der Waals surface area contributed by atoms with E-state index in [1.165, 1.54) is 12.1 Å². The van der Waals surface area contributed by atoms with E-state index in [-0.39, 0.29) is 4.83 Å². The van der Waals surface area contributed by atoms with Gasteiger partial charge in [0.2, 0.25) is 0 Å². The van der Waals surface area contributed by atoms with Crippen molar-refractivity contribution < 1.29 is 8.78 Å². The molecule has 0 aliphatic rings. The van der Waals surface area contributed by atoms with Crippen LogP contribution < -0.4 is 0 Å². The van der Waals surface area contributed by atoms with Crippen molar-refractivity contribution in [1.29, 1.82) is 0 Å². The Morgan fingerprint density at radius 3 is 2.21 bits per heavy atom. The Morgan fingerprint density at radius 1 is 1.00 bits per heavy atom. The number of rotatable bonds is 3. The normalized spacial score (nSPS) is 12.5. The van der Waals surface area contributed by atoms with Crippen LogP contribution in [0, 0.1) is 11.6 Å². The molecule has 5 heteroatoms. The highest BCUT2D eigenvalue weighted by Gasteiger charge is 2.13. The summed E-state index contributed by atoms with van der Waals surface area (Å²) in [4.78, 5) is -0.149. The van der Waals surface area contributed by atoms with Gasteiger partial charge in [-0.2, -0.15) is 0 Å². The summed E-state index contributed by atoms with van der Waals surface area (Å²) in [6.45, 7) is 0. The van der Waals surface area contributed by atoms with Crippen LogP contribution in [-0.4, -0.2) is 0 Å². The molecule has 2 aromatic rings. The van der Waals surface area contributed by atoms with Crippen molar-refractivity contribution in [3.05, 3.63) is 69.2 Å². The molecule has 0 aliphatic heterocycles. The summed E-state index contributed by atoms with van der Waals surface area (Å²) < 4.78 is 26.4. The van der Waals surface area contributed by atoms with E-state index in [0.29, 0.717) is 22.0 Å². The molecule has 0 radical (unpaired) electrons. The van der Waals surface area contributed by atoms with Crippen LogP contribution >= 0.6 is 39.1 Å². The van der Waals surface area contributed by atoms with Crippen LogP contribution in [-0.2, 0) is 6.42 Å². The van der Waals surface area contributed by atoms with Crippen LogP contribution in [0.4, 0.5) is 8.78 Å². The second-order valence-electron chi connectivity index (χ2n) is 4.11. The summed E-state index contributed by atoms with van der Waals surface area (Å²) in [6.07, 6.45) is 0.378. The van der Waals surface area contributed by atoms with Crippen molar-refractivity contribution in [2.75, 3.05) is 0 Å². The lowest BCUT2D eigenvalue weighted by molar-refractivity contribution is 0.571. The summed E-state index contributed by atoms with van der Waals surface area (Å²) in [7, 11) is 0. The Bertz CT molecular complexity index is 582. The van der Waals surface area contributed by atoms with E-state index in [4.69, 9.17) is 23.2 Å². The Balaban J connectivity index is 2.22. The smallest absolute Gasteiger partial charge is 0.129 e. The predicted octanol–water partition coefficient (Wildman–Crippen LogP) is 5.95. The van der Waals surface area contributed by atoms with Crippen molar-refractivity contribution in [2.45, 2.75) is 11.2 Å². The SMILES string of the molecule is Fc1ccc(CC(Br)c2cc(Cl)cc(Cl)c2)c(F)c1. The monoisotopic (exact) mass is 364 g/mol. The molecule has 0 spiro atoms. The first-order valence-corrected chi connectivity index (χ1v) is 7.17. The molecule has 0 bridgehead atoms. The minimum atomic E-state index is -0.585. The first-order chi connectivity index (χ1) is 8.95. The second-order valence-corrected chi connectivity index (χ2v) is 6.09. The van der Waals surface area contributed by atoms with E-state index >= 15 is 0 Å². The van der Waals surface area contributed by atoms with E-state index in [9.17, 15) is 8.78 Å². The number of halogens is 5. The molecule has 0 saturated carbocycles. The van der Waals surface area contributed by atoms with Gasteiger partial charge in [0.05, 0.1) is 0 Å². The van der Waals surface area contributed by atoms with E-state index in [1.807, 2.05) is 0 Å². The van der Waals surface area contributed by atoms with Gasteiger partial charge in [0, 0.05) is 20.9 Å². The van der Waals surface area contributed by atoms with Crippen molar-refractivity contribution in [3.8, 4) is 0 Å². The van der Waals surface area contributed by atoms with Gasteiger partial charge in [-0.25, -0.2) is 8.78 Å². The van der Waals surface area contributed by atoms with Crippen LogP contribution in [0.1, 0.15) is 16.0 Å². The average molecular weight is 366 g/mol. The Kier molecular flexibility index (Phi) is 4.82. The summed E-state index contributed by atoms with van der Waals surface area (Å²) in [5, 5.41) is 1.04. The molecule has 2 aromatic carbocycles. The fraction of sp³-hybridized carbons (Fsp3) is 0.143. The summed E-state index contributed by atoms with van der Waals surface area (Å²) in [5.74, 6) is -1.14. The van der Waals surface area contributed by atoms with Gasteiger partial charge in [-0.15, -0.1) is 0 Å². The zero-order valence-electron chi connectivity index (χ0n) is 9.64. The molecule has 0 fully saturated rings. The molecule has 0 heterocycles. The third-order valence-corrected chi connectivity index (χ3v) is 3.95. The maximum absolute atomic E-state index is 13.6. The van der Waals surface area contributed by atoms with Crippen molar-refractivity contribution in [1.82, 2.24) is 0 Å². The lowest BCUT2D eigenvalue weighted by Crippen LogP contribution is -1.99. The standard InChI is InChI=1S/C14H9BrCl2F2/c15-13(9-3-10(16)6-11(17)4-9)5-8-1-2-12(18)7-14(8)19/h1-4,6-7,13H,5H2. The molecule has 0 N–H and O–H groups in total. The summed E-state index contributed by atoms with van der Waals surface area (Å²) >= 11 is 15.3. The molecular weight excluding hydrogens is 357 g/mol.